The van der Waals surface area contributed by atoms with E-state index in [1.54, 1.807) is 23.1 Å². The van der Waals surface area contributed by atoms with Gasteiger partial charge in [0.1, 0.15) is 6.10 Å². The Bertz CT molecular complexity index is 1170. The van der Waals surface area contributed by atoms with Gasteiger partial charge in [-0.2, -0.15) is 0 Å². The highest BCUT2D eigenvalue weighted by Crippen LogP contribution is 2.30. The molecule has 2 aromatic carbocycles. The van der Waals surface area contributed by atoms with Gasteiger partial charge in [-0.25, -0.2) is 22.8 Å². The number of rotatable bonds is 5. The summed E-state index contributed by atoms with van der Waals surface area (Å²) in [5, 5.41) is 13.6. The normalized spacial score (nSPS) is 19.2. The fraction of sp³-hybridized carbons (Fsp3) is 0.400. The molecule has 8 nitrogen and oxygen atoms in total. The van der Waals surface area contributed by atoms with E-state index in [1.807, 2.05) is 0 Å². The summed E-state index contributed by atoms with van der Waals surface area (Å²) in [6.45, 7) is 0.769. The number of carboxylic acid groups (broad SMARTS) is 1. The summed E-state index contributed by atoms with van der Waals surface area (Å²) in [7, 11) is 0. The molecule has 1 fully saturated rings. The molecule has 0 atom stereocenters. The van der Waals surface area contributed by atoms with Gasteiger partial charge in [0.15, 0.2) is 17.5 Å². The lowest BCUT2D eigenvalue weighted by Gasteiger charge is -2.32. The molecule has 2 aliphatic rings. The summed E-state index contributed by atoms with van der Waals surface area (Å²) < 4.78 is 45.8. The zero-order valence-electron chi connectivity index (χ0n) is 19.4. The second kappa shape index (κ2) is 10.9. The zero-order chi connectivity index (χ0) is 25.8. The first-order valence-electron chi connectivity index (χ1n) is 11.7. The number of hydrogen-bond acceptors (Lipinski definition) is 4. The number of anilines is 2. The minimum atomic E-state index is -1.67. The van der Waals surface area contributed by atoms with E-state index in [0.717, 1.165) is 30.0 Å². The van der Waals surface area contributed by atoms with Crippen LogP contribution in [0.4, 0.5) is 34.1 Å². The van der Waals surface area contributed by atoms with Crippen LogP contribution >= 0.6 is 0 Å². The second-order valence-corrected chi connectivity index (χ2v) is 9.08. The number of fused-ring (bicyclic) bond motifs is 1. The first kappa shape index (κ1) is 25.3. The topological polar surface area (TPSA) is 108 Å². The van der Waals surface area contributed by atoms with Gasteiger partial charge in [-0.05, 0) is 73.4 Å². The molecule has 0 unspecified atom stereocenters. The van der Waals surface area contributed by atoms with Crippen LogP contribution in [0.1, 0.15) is 43.2 Å². The molecule has 3 amide bonds. The second-order valence-electron chi connectivity index (χ2n) is 9.08. The molecule has 0 aromatic heterocycles. The fourth-order valence-corrected chi connectivity index (χ4v) is 4.61. The average Bonchev–Trinajstić information content (AvgIpc) is 2.85. The van der Waals surface area contributed by atoms with Crippen molar-refractivity contribution >= 4 is 29.5 Å². The predicted molar refractivity (Wildman–Crippen MR) is 124 cm³/mol. The van der Waals surface area contributed by atoms with E-state index < -0.39 is 41.2 Å². The van der Waals surface area contributed by atoms with Gasteiger partial charge in [-0.15, -0.1) is 0 Å². The van der Waals surface area contributed by atoms with Gasteiger partial charge < -0.3 is 25.4 Å². The summed E-state index contributed by atoms with van der Waals surface area (Å²) in [6.07, 6.45) is 2.80. The molecule has 2 aromatic rings. The summed E-state index contributed by atoms with van der Waals surface area (Å²) in [5.41, 5.74) is 1.74. The molecule has 0 radical (unpaired) electrons. The van der Waals surface area contributed by atoms with Crippen molar-refractivity contribution in [1.29, 1.82) is 0 Å². The van der Waals surface area contributed by atoms with Crippen LogP contribution in [0.3, 0.4) is 0 Å². The standard InChI is InChI=1S/C25H26F3N3O5/c26-19-7-8-20(23(28)22(19)27)30-24(34)29-17-4-3-16-13-31(10-9-15(16)12-17)25(35)36-18-5-1-14(2-6-18)11-21(32)33/h3-4,7-8,12,14,18H,1-2,5-6,9-11,13H2,(H,32,33)(H2,29,30,34). The van der Waals surface area contributed by atoms with Crippen molar-refractivity contribution < 1.29 is 37.4 Å². The molecule has 1 heterocycles. The monoisotopic (exact) mass is 505 g/mol. The Morgan fingerprint density at radius 1 is 0.972 bits per heavy atom. The minimum Gasteiger partial charge on any atom is -0.481 e. The number of carbonyl (C=O) groups is 3. The molecule has 4 rings (SSSR count). The van der Waals surface area contributed by atoms with E-state index >= 15 is 0 Å². The van der Waals surface area contributed by atoms with Crippen molar-refractivity contribution in [2.24, 2.45) is 5.92 Å². The number of urea groups is 1. The van der Waals surface area contributed by atoms with E-state index in [4.69, 9.17) is 9.84 Å². The highest BCUT2D eigenvalue weighted by atomic mass is 19.2. The summed E-state index contributed by atoms with van der Waals surface area (Å²) in [4.78, 5) is 37.3. The molecule has 192 valence electrons. The number of carbonyl (C=O) groups excluding carboxylic acids is 2. The van der Waals surface area contributed by atoms with Crippen LogP contribution in [0, 0.1) is 23.4 Å². The van der Waals surface area contributed by atoms with Crippen molar-refractivity contribution in [2.75, 3.05) is 17.2 Å². The van der Waals surface area contributed by atoms with Crippen LogP contribution in [-0.2, 0) is 22.5 Å². The Morgan fingerprint density at radius 3 is 2.44 bits per heavy atom. The van der Waals surface area contributed by atoms with E-state index in [9.17, 15) is 27.6 Å². The molecule has 1 aliphatic carbocycles. The largest absolute Gasteiger partial charge is 0.481 e. The SMILES string of the molecule is O=C(O)CC1CCC(OC(=O)N2CCc3cc(NC(=O)Nc4ccc(F)c(F)c4F)ccc3C2)CC1. The molecular weight excluding hydrogens is 479 g/mol. The smallest absolute Gasteiger partial charge is 0.410 e. The summed E-state index contributed by atoms with van der Waals surface area (Å²) in [6, 6.07) is 5.95. The Kier molecular flexibility index (Phi) is 7.66. The van der Waals surface area contributed by atoms with E-state index in [2.05, 4.69) is 10.6 Å². The van der Waals surface area contributed by atoms with Crippen molar-refractivity contribution in [3.8, 4) is 0 Å². The number of aliphatic carboxylic acids is 1. The maximum atomic E-state index is 13.8. The highest BCUT2D eigenvalue weighted by molar-refractivity contribution is 5.99. The van der Waals surface area contributed by atoms with Gasteiger partial charge in [0.05, 0.1) is 5.69 Å². The molecule has 0 spiro atoms. The number of benzene rings is 2. The first-order valence-corrected chi connectivity index (χ1v) is 11.7. The Hall–Kier alpha value is -3.76. The molecule has 0 bridgehead atoms. The molecule has 0 saturated heterocycles. The van der Waals surface area contributed by atoms with Crippen LogP contribution in [0.15, 0.2) is 30.3 Å². The van der Waals surface area contributed by atoms with Crippen LogP contribution < -0.4 is 10.6 Å². The third-order valence-corrected chi connectivity index (χ3v) is 6.54. The van der Waals surface area contributed by atoms with Crippen molar-refractivity contribution in [2.45, 2.75) is 51.2 Å². The molecule has 11 heteroatoms. The molecule has 1 aliphatic heterocycles. The third-order valence-electron chi connectivity index (χ3n) is 6.54. The Morgan fingerprint density at radius 2 is 1.72 bits per heavy atom. The fourth-order valence-electron chi connectivity index (χ4n) is 4.61. The number of hydrogen-bond donors (Lipinski definition) is 3. The number of nitrogens with zero attached hydrogens (tertiary/aromatic N) is 1. The lowest BCUT2D eigenvalue weighted by Crippen LogP contribution is -2.39. The van der Waals surface area contributed by atoms with E-state index in [0.29, 0.717) is 44.1 Å². The predicted octanol–water partition coefficient (Wildman–Crippen LogP) is 5.28. The molecule has 1 saturated carbocycles. The number of nitrogens with one attached hydrogen (secondary N) is 2. The van der Waals surface area contributed by atoms with Crippen LogP contribution in [0.5, 0.6) is 0 Å². The highest BCUT2D eigenvalue weighted by Gasteiger charge is 2.28. The maximum absolute atomic E-state index is 13.8. The molecule has 3 N–H and O–H groups in total. The molecule has 36 heavy (non-hydrogen) atoms. The quantitative estimate of drug-likeness (QED) is 0.480. The van der Waals surface area contributed by atoms with Gasteiger partial charge in [-0.1, -0.05) is 6.07 Å². The van der Waals surface area contributed by atoms with Crippen molar-refractivity contribution in [3.05, 3.63) is 58.9 Å². The maximum Gasteiger partial charge on any atom is 0.410 e. The van der Waals surface area contributed by atoms with Gasteiger partial charge in [-0.3, -0.25) is 4.79 Å². The van der Waals surface area contributed by atoms with Gasteiger partial charge >= 0.3 is 18.1 Å². The van der Waals surface area contributed by atoms with E-state index in [-0.39, 0.29) is 18.4 Å². The Labute approximate surface area is 205 Å². The minimum absolute atomic E-state index is 0.125. The average molecular weight is 505 g/mol. The number of amides is 3. The zero-order valence-corrected chi connectivity index (χ0v) is 19.4. The Balaban J connectivity index is 1.29. The molecular formula is C25H26F3N3O5. The van der Waals surface area contributed by atoms with E-state index in [1.165, 1.54) is 0 Å². The summed E-state index contributed by atoms with van der Waals surface area (Å²) in [5.74, 6) is -5.20. The third kappa shape index (κ3) is 6.07. The number of ether oxygens (including phenoxy) is 1. The lowest BCUT2D eigenvalue weighted by molar-refractivity contribution is -0.138. The first-order chi connectivity index (χ1) is 17.2. The van der Waals surface area contributed by atoms with Crippen LogP contribution in [0.25, 0.3) is 0 Å². The number of carboxylic acids is 1. The van der Waals surface area contributed by atoms with Crippen molar-refractivity contribution in [3.63, 3.8) is 0 Å². The van der Waals surface area contributed by atoms with Crippen LogP contribution in [0.2, 0.25) is 0 Å². The lowest BCUT2D eigenvalue weighted by atomic mass is 9.85. The van der Waals surface area contributed by atoms with Gasteiger partial charge in [0, 0.05) is 25.2 Å². The van der Waals surface area contributed by atoms with Crippen molar-refractivity contribution in [1.82, 2.24) is 4.90 Å². The number of halogens is 3. The van der Waals surface area contributed by atoms with Gasteiger partial charge in [0.25, 0.3) is 0 Å². The van der Waals surface area contributed by atoms with Crippen LogP contribution in [-0.4, -0.2) is 40.7 Å². The van der Waals surface area contributed by atoms with Gasteiger partial charge in [0.2, 0.25) is 0 Å². The summed E-state index contributed by atoms with van der Waals surface area (Å²) >= 11 is 0.